The molecule has 0 saturated carbocycles. The minimum atomic E-state index is 0.437. The first kappa shape index (κ1) is 13.8. The quantitative estimate of drug-likeness (QED) is 0.741. The number of anilines is 1. The highest BCUT2D eigenvalue weighted by molar-refractivity contribution is 6.34. The third-order valence-electron chi connectivity index (χ3n) is 3.41. The molecule has 5 heteroatoms. The van der Waals surface area contributed by atoms with Crippen molar-refractivity contribution in [2.45, 2.75) is 6.42 Å². The molecule has 1 aromatic carbocycles. The summed E-state index contributed by atoms with van der Waals surface area (Å²) in [5.74, 6) is 0.839. The molecule has 0 aliphatic rings. The fourth-order valence-corrected chi connectivity index (χ4v) is 2.48. The highest BCUT2D eigenvalue weighted by Gasteiger charge is 2.11. The van der Waals surface area contributed by atoms with Gasteiger partial charge in [0.25, 0.3) is 0 Å². The first-order chi connectivity index (χ1) is 10.3. The third kappa shape index (κ3) is 2.95. The summed E-state index contributed by atoms with van der Waals surface area (Å²) >= 11 is 6.10. The topological polar surface area (TPSA) is 41.9 Å². The molecule has 0 N–H and O–H groups in total. The zero-order valence-electron chi connectivity index (χ0n) is 11.7. The van der Waals surface area contributed by atoms with E-state index < -0.39 is 0 Å². The number of likely N-dealkylation sites (N-methyl/N-ethyl adjacent to an activating group) is 1. The zero-order valence-corrected chi connectivity index (χ0v) is 12.5. The summed E-state index contributed by atoms with van der Waals surface area (Å²) in [4.78, 5) is 6.42. The van der Waals surface area contributed by atoms with E-state index in [1.807, 2.05) is 55.7 Å². The average Bonchev–Trinajstić information content (AvgIpc) is 2.54. The summed E-state index contributed by atoms with van der Waals surface area (Å²) < 4.78 is 0. The Balaban J connectivity index is 1.85. The van der Waals surface area contributed by atoms with Crippen LogP contribution in [0.2, 0.25) is 5.15 Å². The molecule has 0 aliphatic heterocycles. The van der Waals surface area contributed by atoms with Crippen LogP contribution in [0, 0.1) is 0 Å². The number of rotatable bonds is 4. The van der Waals surface area contributed by atoms with E-state index in [0.717, 1.165) is 35.2 Å². The van der Waals surface area contributed by atoms with Gasteiger partial charge < -0.3 is 4.90 Å². The minimum Gasteiger partial charge on any atom is -0.357 e. The molecule has 0 atom stereocenters. The van der Waals surface area contributed by atoms with Crippen LogP contribution in [0.25, 0.3) is 10.8 Å². The summed E-state index contributed by atoms with van der Waals surface area (Å²) in [5.41, 5.74) is 1.07. The summed E-state index contributed by atoms with van der Waals surface area (Å²) in [5, 5.41) is 10.7. The van der Waals surface area contributed by atoms with Gasteiger partial charge in [0.05, 0.1) is 0 Å². The Labute approximate surface area is 128 Å². The summed E-state index contributed by atoms with van der Waals surface area (Å²) in [6.07, 6.45) is 2.67. The van der Waals surface area contributed by atoms with Crippen LogP contribution in [0.15, 0.2) is 48.7 Å². The van der Waals surface area contributed by atoms with Crippen molar-refractivity contribution >= 4 is 28.2 Å². The molecule has 2 aromatic heterocycles. The number of pyridine rings is 1. The van der Waals surface area contributed by atoms with E-state index in [0.29, 0.717) is 5.15 Å². The van der Waals surface area contributed by atoms with Crippen LogP contribution < -0.4 is 4.90 Å². The van der Waals surface area contributed by atoms with Crippen molar-refractivity contribution in [1.82, 2.24) is 15.2 Å². The predicted molar refractivity (Wildman–Crippen MR) is 85.8 cm³/mol. The molecule has 0 aliphatic carbocycles. The number of halogens is 1. The van der Waals surface area contributed by atoms with E-state index in [4.69, 9.17) is 11.6 Å². The Morgan fingerprint density at radius 2 is 1.76 bits per heavy atom. The smallest absolute Gasteiger partial charge is 0.159 e. The normalized spacial score (nSPS) is 10.8. The van der Waals surface area contributed by atoms with E-state index in [1.165, 1.54) is 0 Å². The first-order valence-electron chi connectivity index (χ1n) is 6.77. The summed E-state index contributed by atoms with van der Waals surface area (Å²) in [7, 11) is 2.01. The molecule has 106 valence electrons. The lowest BCUT2D eigenvalue weighted by molar-refractivity contribution is 0.829. The maximum atomic E-state index is 6.10. The number of fused-ring (bicyclic) bond motifs is 1. The molecule has 0 fully saturated rings. The Bertz CT molecular complexity index is 746. The van der Waals surface area contributed by atoms with Crippen molar-refractivity contribution in [1.29, 1.82) is 0 Å². The standard InChI is InChI=1S/C16H15ClN4/c1-21(11-9-12-6-4-5-10-18-12)16-14-8-3-2-7-13(14)15(17)19-20-16/h2-8,10H,9,11H2,1H3. The molecule has 0 radical (unpaired) electrons. The van der Waals surface area contributed by atoms with Crippen LogP contribution in [0.1, 0.15) is 5.69 Å². The van der Waals surface area contributed by atoms with Crippen LogP contribution >= 0.6 is 11.6 Å². The van der Waals surface area contributed by atoms with Gasteiger partial charge >= 0.3 is 0 Å². The number of benzene rings is 1. The van der Waals surface area contributed by atoms with Gasteiger partial charge in [0.2, 0.25) is 0 Å². The van der Waals surface area contributed by atoms with Gasteiger partial charge in [-0.05, 0) is 12.1 Å². The second-order valence-corrected chi connectivity index (χ2v) is 5.21. The molecular formula is C16H15ClN4. The van der Waals surface area contributed by atoms with Crippen molar-refractivity contribution in [2.75, 3.05) is 18.5 Å². The van der Waals surface area contributed by atoms with Crippen LogP contribution in [0.3, 0.4) is 0 Å². The van der Waals surface area contributed by atoms with E-state index in [1.54, 1.807) is 0 Å². The monoisotopic (exact) mass is 298 g/mol. The molecule has 3 aromatic rings. The lowest BCUT2D eigenvalue weighted by Crippen LogP contribution is -2.22. The number of nitrogens with zero attached hydrogens (tertiary/aromatic N) is 4. The second kappa shape index (κ2) is 6.06. The van der Waals surface area contributed by atoms with Crippen molar-refractivity contribution in [3.8, 4) is 0 Å². The molecule has 0 bridgehead atoms. The van der Waals surface area contributed by atoms with Gasteiger partial charge in [0.1, 0.15) is 0 Å². The van der Waals surface area contributed by atoms with Crippen molar-refractivity contribution in [3.05, 3.63) is 59.5 Å². The highest BCUT2D eigenvalue weighted by atomic mass is 35.5. The largest absolute Gasteiger partial charge is 0.357 e. The Kier molecular flexibility index (Phi) is 3.97. The van der Waals surface area contributed by atoms with Crippen LogP contribution in [0.4, 0.5) is 5.82 Å². The van der Waals surface area contributed by atoms with E-state index in [9.17, 15) is 0 Å². The molecular weight excluding hydrogens is 284 g/mol. The maximum absolute atomic E-state index is 6.10. The minimum absolute atomic E-state index is 0.437. The molecule has 3 rings (SSSR count). The van der Waals surface area contributed by atoms with Crippen LogP contribution in [-0.4, -0.2) is 28.8 Å². The van der Waals surface area contributed by atoms with Crippen molar-refractivity contribution < 1.29 is 0 Å². The fraction of sp³-hybridized carbons (Fsp3) is 0.188. The third-order valence-corrected chi connectivity index (χ3v) is 3.69. The summed E-state index contributed by atoms with van der Waals surface area (Å²) in [6.45, 7) is 0.817. The van der Waals surface area contributed by atoms with E-state index in [2.05, 4.69) is 20.1 Å². The van der Waals surface area contributed by atoms with Crippen molar-refractivity contribution in [2.24, 2.45) is 0 Å². The lowest BCUT2D eigenvalue weighted by atomic mass is 10.2. The van der Waals surface area contributed by atoms with Gasteiger partial charge in [-0.2, -0.15) is 0 Å². The van der Waals surface area contributed by atoms with Crippen LogP contribution in [0.5, 0.6) is 0 Å². The van der Waals surface area contributed by atoms with Gasteiger partial charge in [-0.15, -0.1) is 10.2 Å². The number of aromatic nitrogens is 3. The van der Waals surface area contributed by atoms with Gasteiger partial charge in [0.15, 0.2) is 11.0 Å². The zero-order chi connectivity index (χ0) is 14.7. The Hall–Kier alpha value is -2.20. The van der Waals surface area contributed by atoms with Gasteiger partial charge in [0, 0.05) is 42.7 Å². The fourth-order valence-electron chi connectivity index (χ4n) is 2.27. The van der Waals surface area contributed by atoms with Crippen LogP contribution in [-0.2, 0) is 6.42 Å². The molecule has 0 amide bonds. The molecule has 0 saturated heterocycles. The Morgan fingerprint density at radius 1 is 1.00 bits per heavy atom. The number of hydrogen-bond acceptors (Lipinski definition) is 4. The summed E-state index contributed by atoms with van der Waals surface area (Å²) in [6, 6.07) is 13.9. The first-order valence-corrected chi connectivity index (χ1v) is 7.15. The van der Waals surface area contributed by atoms with E-state index >= 15 is 0 Å². The maximum Gasteiger partial charge on any atom is 0.159 e. The predicted octanol–water partition coefficient (Wildman–Crippen LogP) is 3.36. The van der Waals surface area contributed by atoms with E-state index in [-0.39, 0.29) is 0 Å². The van der Waals surface area contributed by atoms with Crippen molar-refractivity contribution in [3.63, 3.8) is 0 Å². The lowest BCUT2D eigenvalue weighted by Gasteiger charge is -2.19. The average molecular weight is 299 g/mol. The second-order valence-electron chi connectivity index (χ2n) is 4.85. The molecule has 0 spiro atoms. The molecule has 4 nitrogen and oxygen atoms in total. The number of hydrogen-bond donors (Lipinski definition) is 0. The Morgan fingerprint density at radius 3 is 2.52 bits per heavy atom. The van der Waals surface area contributed by atoms with Gasteiger partial charge in [-0.1, -0.05) is 41.9 Å². The highest BCUT2D eigenvalue weighted by Crippen LogP contribution is 2.27. The van der Waals surface area contributed by atoms with Gasteiger partial charge in [-0.3, -0.25) is 4.98 Å². The SMILES string of the molecule is CN(CCc1ccccn1)c1nnc(Cl)c2ccccc12. The molecule has 2 heterocycles. The molecule has 21 heavy (non-hydrogen) atoms. The molecule has 0 unspecified atom stereocenters. The van der Waals surface area contributed by atoms with Gasteiger partial charge in [-0.25, -0.2) is 0 Å².